The highest BCUT2D eigenvalue weighted by atomic mass is 16.5. The molecule has 0 atom stereocenters. The number of hydrogen-bond acceptors (Lipinski definition) is 4. The van der Waals surface area contributed by atoms with Crippen LogP contribution in [0.15, 0.2) is 78.9 Å². The third-order valence-corrected chi connectivity index (χ3v) is 4.65. The van der Waals surface area contributed by atoms with Crippen LogP contribution in [0.2, 0.25) is 0 Å². The van der Waals surface area contributed by atoms with E-state index in [9.17, 15) is 4.79 Å². The molecule has 0 aliphatic carbocycles. The zero-order valence-corrected chi connectivity index (χ0v) is 16.4. The number of aromatic nitrogens is 2. The van der Waals surface area contributed by atoms with E-state index in [0.29, 0.717) is 23.7 Å². The molecule has 0 saturated carbocycles. The van der Waals surface area contributed by atoms with Crippen LogP contribution in [0.1, 0.15) is 21.9 Å². The van der Waals surface area contributed by atoms with E-state index in [4.69, 9.17) is 4.74 Å². The molecule has 0 spiro atoms. The highest BCUT2D eigenvalue weighted by Gasteiger charge is 2.14. The zero-order valence-electron chi connectivity index (χ0n) is 16.4. The topological polar surface area (TPSA) is 55.3 Å². The molecule has 0 bridgehead atoms. The van der Waals surface area contributed by atoms with E-state index >= 15 is 0 Å². The molecular formula is C24H21N3O2. The van der Waals surface area contributed by atoms with E-state index in [2.05, 4.69) is 9.97 Å². The Morgan fingerprint density at radius 1 is 0.862 bits per heavy atom. The summed E-state index contributed by atoms with van der Waals surface area (Å²) in [6, 6.07) is 24.6. The number of aryl methyl sites for hydroxylation is 1. The molecule has 5 nitrogen and oxygen atoms in total. The number of ether oxygens (including phenoxy) is 1. The lowest BCUT2D eigenvalue weighted by molar-refractivity contribution is 0.0781. The van der Waals surface area contributed by atoms with Gasteiger partial charge in [0.2, 0.25) is 0 Å². The van der Waals surface area contributed by atoms with Gasteiger partial charge >= 0.3 is 0 Å². The highest BCUT2D eigenvalue weighted by Crippen LogP contribution is 2.22. The molecule has 1 heterocycles. The maximum atomic E-state index is 12.8. The van der Waals surface area contributed by atoms with Crippen molar-refractivity contribution in [2.45, 2.75) is 13.5 Å². The average molecular weight is 383 g/mol. The first-order valence-electron chi connectivity index (χ1n) is 9.41. The quantitative estimate of drug-likeness (QED) is 0.486. The normalized spacial score (nSPS) is 10.7. The smallest absolute Gasteiger partial charge is 0.254 e. The molecule has 0 fully saturated rings. The number of benzene rings is 3. The van der Waals surface area contributed by atoms with Crippen LogP contribution in [0, 0.1) is 6.92 Å². The molecular weight excluding hydrogens is 362 g/mol. The number of hydrogen-bond donors (Lipinski definition) is 0. The lowest BCUT2D eigenvalue weighted by atomic mass is 10.2. The van der Waals surface area contributed by atoms with Crippen LogP contribution < -0.4 is 4.74 Å². The van der Waals surface area contributed by atoms with Crippen LogP contribution in [-0.2, 0) is 6.54 Å². The van der Waals surface area contributed by atoms with Crippen molar-refractivity contribution in [3.05, 3.63) is 95.9 Å². The monoisotopic (exact) mass is 383 g/mol. The summed E-state index contributed by atoms with van der Waals surface area (Å²) < 4.78 is 5.78. The minimum absolute atomic E-state index is 0.0920. The number of rotatable bonds is 5. The molecule has 0 saturated heterocycles. The lowest BCUT2D eigenvalue weighted by Crippen LogP contribution is -2.27. The fourth-order valence-corrected chi connectivity index (χ4v) is 3.16. The van der Waals surface area contributed by atoms with Crippen molar-refractivity contribution >= 4 is 16.8 Å². The molecule has 1 amide bonds. The van der Waals surface area contributed by atoms with Crippen LogP contribution in [0.4, 0.5) is 0 Å². The van der Waals surface area contributed by atoms with Gasteiger partial charge in [-0.05, 0) is 49.4 Å². The summed E-state index contributed by atoms with van der Waals surface area (Å²) in [5.74, 6) is 1.98. The minimum Gasteiger partial charge on any atom is -0.457 e. The minimum atomic E-state index is -0.0920. The second-order valence-corrected chi connectivity index (χ2v) is 6.84. The number of fused-ring (bicyclic) bond motifs is 1. The Labute approximate surface area is 169 Å². The SMILES string of the molecule is Cc1nc(CN(C)C(=O)c2ccc(Oc3ccccc3)cc2)nc2ccccc12. The molecule has 29 heavy (non-hydrogen) atoms. The van der Waals surface area contributed by atoms with E-state index in [0.717, 1.165) is 22.3 Å². The maximum Gasteiger partial charge on any atom is 0.254 e. The summed E-state index contributed by atoms with van der Waals surface area (Å²) in [4.78, 5) is 23.6. The molecule has 0 aliphatic rings. The zero-order chi connectivity index (χ0) is 20.2. The fourth-order valence-electron chi connectivity index (χ4n) is 3.16. The number of carbonyl (C=O) groups excluding carboxylic acids is 1. The Balaban J connectivity index is 1.46. The Morgan fingerprint density at radius 2 is 1.52 bits per heavy atom. The second kappa shape index (κ2) is 8.10. The van der Waals surface area contributed by atoms with Crippen molar-refractivity contribution in [3.8, 4) is 11.5 Å². The Morgan fingerprint density at radius 3 is 2.28 bits per heavy atom. The molecule has 0 unspecified atom stereocenters. The van der Waals surface area contributed by atoms with Gasteiger partial charge in [0.25, 0.3) is 5.91 Å². The number of nitrogens with zero attached hydrogens (tertiary/aromatic N) is 3. The van der Waals surface area contributed by atoms with Gasteiger partial charge in [0.15, 0.2) is 0 Å². The Kier molecular flexibility index (Phi) is 5.20. The molecule has 0 radical (unpaired) electrons. The van der Waals surface area contributed by atoms with E-state index in [1.54, 1.807) is 36.2 Å². The van der Waals surface area contributed by atoms with Crippen LogP contribution in [0.3, 0.4) is 0 Å². The first-order chi connectivity index (χ1) is 14.1. The number of carbonyl (C=O) groups is 1. The predicted octanol–water partition coefficient (Wildman–Crippen LogP) is 5.00. The molecule has 0 N–H and O–H groups in total. The van der Waals surface area contributed by atoms with E-state index in [-0.39, 0.29) is 5.91 Å². The number of amides is 1. The Bertz CT molecular complexity index is 1140. The third kappa shape index (κ3) is 4.24. The molecule has 5 heteroatoms. The Hall–Kier alpha value is -3.73. The van der Waals surface area contributed by atoms with Crippen LogP contribution >= 0.6 is 0 Å². The van der Waals surface area contributed by atoms with Gasteiger partial charge in [0, 0.05) is 23.7 Å². The predicted molar refractivity (Wildman–Crippen MR) is 113 cm³/mol. The fraction of sp³-hybridized carbons (Fsp3) is 0.125. The standard InChI is InChI=1S/C24H21N3O2/c1-17-21-10-6-7-11-22(21)26-23(25-17)16-27(2)24(28)18-12-14-20(15-13-18)29-19-8-4-3-5-9-19/h3-15H,16H2,1-2H3. The van der Waals surface area contributed by atoms with Crippen molar-refractivity contribution in [1.82, 2.24) is 14.9 Å². The van der Waals surface area contributed by atoms with E-state index in [1.807, 2.05) is 61.5 Å². The first kappa shape index (κ1) is 18.6. The second-order valence-electron chi connectivity index (χ2n) is 6.84. The van der Waals surface area contributed by atoms with Crippen molar-refractivity contribution < 1.29 is 9.53 Å². The van der Waals surface area contributed by atoms with Gasteiger partial charge in [-0.1, -0.05) is 36.4 Å². The van der Waals surface area contributed by atoms with Gasteiger partial charge < -0.3 is 9.64 Å². The van der Waals surface area contributed by atoms with E-state index < -0.39 is 0 Å². The first-order valence-corrected chi connectivity index (χ1v) is 9.41. The number of para-hydroxylation sites is 2. The summed E-state index contributed by atoms with van der Waals surface area (Å²) in [6.45, 7) is 2.30. The summed E-state index contributed by atoms with van der Waals surface area (Å²) >= 11 is 0. The third-order valence-electron chi connectivity index (χ3n) is 4.65. The van der Waals surface area contributed by atoms with Crippen LogP contribution in [0.25, 0.3) is 10.9 Å². The van der Waals surface area contributed by atoms with Gasteiger partial charge in [0.1, 0.15) is 17.3 Å². The summed E-state index contributed by atoms with van der Waals surface area (Å²) in [6.07, 6.45) is 0. The molecule has 4 rings (SSSR count). The largest absolute Gasteiger partial charge is 0.457 e. The van der Waals surface area contributed by atoms with Crippen molar-refractivity contribution in [2.75, 3.05) is 7.05 Å². The van der Waals surface area contributed by atoms with E-state index in [1.165, 1.54) is 0 Å². The molecule has 4 aromatic rings. The van der Waals surface area contributed by atoms with Crippen molar-refractivity contribution in [2.24, 2.45) is 0 Å². The van der Waals surface area contributed by atoms with Crippen LogP contribution in [-0.4, -0.2) is 27.8 Å². The highest BCUT2D eigenvalue weighted by molar-refractivity contribution is 5.94. The van der Waals surface area contributed by atoms with Crippen molar-refractivity contribution in [3.63, 3.8) is 0 Å². The summed E-state index contributed by atoms with van der Waals surface area (Å²) in [5, 5.41) is 1.03. The van der Waals surface area contributed by atoms with Gasteiger partial charge in [-0.3, -0.25) is 4.79 Å². The lowest BCUT2D eigenvalue weighted by Gasteiger charge is -2.17. The summed E-state index contributed by atoms with van der Waals surface area (Å²) in [7, 11) is 1.75. The van der Waals surface area contributed by atoms with Gasteiger partial charge in [-0.15, -0.1) is 0 Å². The molecule has 3 aromatic carbocycles. The van der Waals surface area contributed by atoms with Crippen molar-refractivity contribution in [1.29, 1.82) is 0 Å². The molecule has 0 aliphatic heterocycles. The summed E-state index contributed by atoms with van der Waals surface area (Å²) in [5.41, 5.74) is 2.39. The molecule has 144 valence electrons. The van der Waals surface area contributed by atoms with Crippen LogP contribution in [0.5, 0.6) is 11.5 Å². The average Bonchev–Trinajstić information content (AvgIpc) is 2.74. The van der Waals surface area contributed by atoms with Gasteiger partial charge in [-0.2, -0.15) is 0 Å². The molecule has 1 aromatic heterocycles. The maximum absolute atomic E-state index is 12.8. The van der Waals surface area contributed by atoms with Gasteiger partial charge in [-0.25, -0.2) is 9.97 Å². The van der Waals surface area contributed by atoms with Gasteiger partial charge in [0.05, 0.1) is 12.1 Å².